The topological polar surface area (TPSA) is 93.0 Å². The quantitative estimate of drug-likeness (QED) is 0.167. The van der Waals surface area contributed by atoms with Gasteiger partial charge in [-0.05, 0) is 35.0 Å². The van der Waals surface area contributed by atoms with Gasteiger partial charge in [-0.25, -0.2) is 0 Å². The van der Waals surface area contributed by atoms with E-state index in [0.717, 1.165) is 54.9 Å². The molecule has 0 saturated carbocycles. The van der Waals surface area contributed by atoms with Crippen LogP contribution in [-0.2, 0) is 0 Å². The van der Waals surface area contributed by atoms with Gasteiger partial charge >= 0.3 is 0 Å². The molecular formula is C32H26N6O2. The predicted molar refractivity (Wildman–Crippen MR) is 163 cm³/mol. The minimum atomic E-state index is 0.542. The van der Waals surface area contributed by atoms with Gasteiger partial charge in [0.25, 0.3) is 0 Å². The highest BCUT2D eigenvalue weighted by Crippen LogP contribution is 2.29. The number of fused-ring (bicyclic) bond motifs is 3. The fourth-order valence-electron chi connectivity index (χ4n) is 4.77. The molecule has 0 fully saturated rings. The molecule has 40 heavy (non-hydrogen) atoms. The first-order valence-corrected chi connectivity index (χ1v) is 12.7. The van der Waals surface area contributed by atoms with Crippen LogP contribution in [-0.4, -0.2) is 36.8 Å². The van der Waals surface area contributed by atoms with Crippen LogP contribution in [0.1, 0.15) is 11.1 Å². The minimum absolute atomic E-state index is 0.542. The monoisotopic (exact) mass is 526 g/mol. The summed E-state index contributed by atoms with van der Waals surface area (Å²) in [6, 6.07) is 31.8. The number of hydrazone groups is 2. The van der Waals surface area contributed by atoms with Crippen molar-refractivity contribution in [2.45, 2.75) is 0 Å². The molecule has 0 aliphatic carbocycles. The normalized spacial score (nSPS) is 11.6. The third kappa shape index (κ3) is 4.74. The van der Waals surface area contributed by atoms with Crippen molar-refractivity contribution in [3.8, 4) is 11.5 Å². The minimum Gasteiger partial charge on any atom is -0.496 e. The highest BCUT2D eigenvalue weighted by atomic mass is 16.5. The van der Waals surface area contributed by atoms with E-state index in [1.54, 1.807) is 26.6 Å². The summed E-state index contributed by atoms with van der Waals surface area (Å²) < 4.78 is 11.0. The average molecular weight is 527 g/mol. The first kappa shape index (κ1) is 24.8. The lowest BCUT2D eigenvalue weighted by molar-refractivity contribution is 0.419. The van der Waals surface area contributed by atoms with E-state index in [2.05, 4.69) is 31.3 Å². The van der Waals surface area contributed by atoms with E-state index in [1.165, 1.54) is 0 Å². The SMILES string of the molecule is COc1ccc(/C=N/Nc2nnc(N/N=C/c3ccc(OC)c4ccccc34)c3ccccc23)c2ccccc12. The van der Waals surface area contributed by atoms with Gasteiger partial charge in [0.1, 0.15) is 11.5 Å². The number of aromatic nitrogens is 2. The summed E-state index contributed by atoms with van der Waals surface area (Å²) in [5.41, 5.74) is 8.03. The molecule has 0 aliphatic rings. The maximum atomic E-state index is 5.50. The van der Waals surface area contributed by atoms with Crippen LogP contribution in [0.15, 0.2) is 107 Å². The number of anilines is 2. The molecule has 196 valence electrons. The second kappa shape index (κ2) is 11.1. The van der Waals surface area contributed by atoms with Gasteiger partial charge < -0.3 is 9.47 Å². The van der Waals surface area contributed by atoms with Gasteiger partial charge in [0.15, 0.2) is 11.6 Å². The van der Waals surface area contributed by atoms with Crippen LogP contribution in [0.4, 0.5) is 11.6 Å². The number of nitrogens with zero attached hydrogens (tertiary/aromatic N) is 4. The fourth-order valence-corrected chi connectivity index (χ4v) is 4.77. The molecule has 0 bridgehead atoms. The Morgan fingerprint density at radius 1 is 0.500 bits per heavy atom. The third-order valence-corrected chi connectivity index (χ3v) is 6.71. The largest absolute Gasteiger partial charge is 0.496 e. The molecule has 8 heteroatoms. The van der Waals surface area contributed by atoms with Gasteiger partial charge in [0, 0.05) is 32.7 Å². The van der Waals surface area contributed by atoms with Gasteiger partial charge in [-0.1, -0.05) is 72.8 Å². The number of ether oxygens (including phenoxy) is 2. The van der Waals surface area contributed by atoms with E-state index in [-0.39, 0.29) is 0 Å². The summed E-state index contributed by atoms with van der Waals surface area (Å²) in [6.07, 6.45) is 3.54. The van der Waals surface area contributed by atoms with Gasteiger partial charge in [-0.3, -0.25) is 10.9 Å². The van der Waals surface area contributed by atoms with Gasteiger partial charge in [-0.2, -0.15) is 10.2 Å². The van der Waals surface area contributed by atoms with E-state index < -0.39 is 0 Å². The van der Waals surface area contributed by atoms with Crippen molar-refractivity contribution >= 4 is 56.4 Å². The standard InChI is InChI=1S/C32H26N6O2/c1-39-29-17-15-21(23-9-3-5-11-25(23)29)19-33-35-31-27-13-7-8-14-28(27)32(38-37-31)36-34-20-22-16-18-30(40-2)26-12-6-4-10-24(22)26/h3-20H,1-2H3,(H,35,37)(H,36,38)/b33-19+,34-20+. The number of rotatable bonds is 8. The molecule has 1 aromatic heterocycles. The van der Waals surface area contributed by atoms with Crippen LogP contribution in [0.3, 0.4) is 0 Å². The lowest BCUT2D eigenvalue weighted by Gasteiger charge is -2.09. The zero-order chi connectivity index (χ0) is 27.3. The van der Waals surface area contributed by atoms with Crippen LogP contribution in [0.2, 0.25) is 0 Å². The zero-order valence-corrected chi connectivity index (χ0v) is 22.0. The summed E-state index contributed by atoms with van der Waals surface area (Å²) in [6.45, 7) is 0. The van der Waals surface area contributed by atoms with Crippen molar-refractivity contribution in [3.05, 3.63) is 108 Å². The predicted octanol–water partition coefficient (Wildman–Crippen LogP) is 6.85. The summed E-state index contributed by atoms with van der Waals surface area (Å²) in [5.74, 6) is 2.73. The smallest absolute Gasteiger partial charge is 0.176 e. The summed E-state index contributed by atoms with van der Waals surface area (Å²) in [5, 5.41) is 23.6. The van der Waals surface area contributed by atoms with Gasteiger partial charge in [0.2, 0.25) is 0 Å². The second-order valence-corrected chi connectivity index (χ2v) is 8.99. The Labute approximate surface area is 231 Å². The van der Waals surface area contributed by atoms with Gasteiger partial charge in [-0.15, -0.1) is 10.2 Å². The van der Waals surface area contributed by atoms with Crippen molar-refractivity contribution in [1.82, 2.24) is 10.2 Å². The average Bonchev–Trinajstić information content (AvgIpc) is 3.02. The lowest BCUT2D eigenvalue weighted by Crippen LogP contribution is -2.02. The molecule has 6 rings (SSSR count). The van der Waals surface area contributed by atoms with Crippen molar-refractivity contribution in [2.24, 2.45) is 10.2 Å². The van der Waals surface area contributed by atoms with E-state index in [4.69, 9.17) is 9.47 Å². The van der Waals surface area contributed by atoms with E-state index in [0.29, 0.717) is 11.6 Å². The Hall–Kier alpha value is -5.50. The molecule has 0 radical (unpaired) electrons. The molecule has 0 spiro atoms. The molecular weight excluding hydrogens is 500 g/mol. The van der Waals surface area contributed by atoms with E-state index in [9.17, 15) is 0 Å². The van der Waals surface area contributed by atoms with Crippen molar-refractivity contribution in [1.29, 1.82) is 0 Å². The first-order chi connectivity index (χ1) is 19.8. The Bertz CT molecular complexity index is 1760. The first-order valence-electron chi connectivity index (χ1n) is 12.7. The maximum absolute atomic E-state index is 5.50. The molecule has 0 amide bonds. The third-order valence-electron chi connectivity index (χ3n) is 6.71. The summed E-state index contributed by atoms with van der Waals surface area (Å²) in [7, 11) is 3.34. The number of benzene rings is 5. The lowest BCUT2D eigenvalue weighted by atomic mass is 10.0. The van der Waals surface area contributed by atoms with Crippen molar-refractivity contribution in [2.75, 3.05) is 25.1 Å². The maximum Gasteiger partial charge on any atom is 0.176 e. The van der Waals surface area contributed by atoms with Gasteiger partial charge in [0.05, 0.1) is 26.6 Å². The number of nitrogens with one attached hydrogen (secondary N) is 2. The van der Waals surface area contributed by atoms with Crippen LogP contribution < -0.4 is 20.3 Å². The molecule has 5 aromatic carbocycles. The molecule has 0 unspecified atom stereocenters. The van der Waals surface area contributed by atoms with Crippen LogP contribution >= 0.6 is 0 Å². The molecule has 0 aliphatic heterocycles. The van der Waals surface area contributed by atoms with E-state index >= 15 is 0 Å². The molecule has 6 aromatic rings. The molecule has 1 heterocycles. The second-order valence-electron chi connectivity index (χ2n) is 8.99. The number of hydrogen-bond acceptors (Lipinski definition) is 8. The molecule has 0 saturated heterocycles. The molecule has 2 N–H and O–H groups in total. The van der Waals surface area contributed by atoms with E-state index in [1.807, 2.05) is 97.1 Å². The Kier molecular flexibility index (Phi) is 6.88. The molecule has 8 nitrogen and oxygen atoms in total. The fraction of sp³-hybridized carbons (Fsp3) is 0.0625. The van der Waals surface area contributed by atoms with Crippen LogP contribution in [0.25, 0.3) is 32.3 Å². The summed E-state index contributed by atoms with van der Waals surface area (Å²) in [4.78, 5) is 0. The van der Waals surface area contributed by atoms with Crippen molar-refractivity contribution < 1.29 is 9.47 Å². The highest BCUT2D eigenvalue weighted by molar-refractivity contribution is 6.04. The Morgan fingerprint density at radius 3 is 1.27 bits per heavy atom. The zero-order valence-electron chi connectivity index (χ0n) is 22.0. The number of hydrogen-bond donors (Lipinski definition) is 2. The molecule has 0 atom stereocenters. The van der Waals surface area contributed by atoms with Crippen LogP contribution in [0.5, 0.6) is 11.5 Å². The van der Waals surface area contributed by atoms with Crippen LogP contribution in [0, 0.1) is 0 Å². The Balaban J connectivity index is 1.25. The summed E-state index contributed by atoms with van der Waals surface area (Å²) >= 11 is 0. The Morgan fingerprint density at radius 2 is 0.875 bits per heavy atom. The number of methoxy groups -OCH3 is 2. The highest BCUT2D eigenvalue weighted by Gasteiger charge is 2.09. The van der Waals surface area contributed by atoms with Crippen molar-refractivity contribution in [3.63, 3.8) is 0 Å².